The molecule has 0 aromatic carbocycles. The molecule has 0 aliphatic carbocycles. The molecule has 2 aromatic rings. The molecule has 1 atom stereocenters. The van der Waals surface area contributed by atoms with Gasteiger partial charge in [0.05, 0.1) is 11.8 Å². The van der Waals surface area contributed by atoms with E-state index < -0.39 is 0 Å². The number of rotatable bonds is 6. The minimum absolute atomic E-state index is 0.103. The maximum Gasteiger partial charge on any atom is 0.290 e. The van der Waals surface area contributed by atoms with Gasteiger partial charge in [-0.25, -0.2) is 4.98 Å². The number of hydrogen-bond acceptors (Lipinski definition) is 6. The molecule has 2 aromatic heterocycles. The molecular formula is C18H24N4O4. The Morgan fingerprint density at radius 2 is 2.12 bits per heavy atom. The van der Waals surface area contributed by atoms with E-state index in [0.717, 1.165) is 38.2 Å². The van der Waals surface area contributed by atoms with E-state index >= 15 is 0 Å². The van der Waals surface area contributed by atoms with Gasteiger partial charge in [0.1, 0.15) is 5.82 Å². The zero-order valence-corrected chi connectivity index (χ0v) is 14.8. The highest BCUT2D eigenvalue weighted by atomic mass is 16.5. The number of H-pyrrole nitrogens is 1. The third-order valence-electron chi connectivity index (χ3n) is 3.94. The van der Waals surface area contributed by atoms with Gasteiger partial charge in [-0.1, -0.05) is 0 Å². The van der Waals surface area contributed by atoms with Crippen molar-refractivity contribution in [1.29, 1.82) is 0 Å². The topological polar surface area (TPSA) is 108 Å². The van der Waals surface area contributed by atoms with Crippen LogP contribution in [0.4, 0.5) is 0 Å². The fourth-order valence-electron chi connectivity index (χ4n) is 2.96. The molecule has 0 amide bonds. The summed E-state index contributed by atoms with van der Waals surface area (Å²) in [6.07, 6.45) is 6.08. The minimum atomic E-state index is -0.250. The molecule has 1 fully saturated rings. The van der Waals surface area contributed by atoms with E-state index in [1.807, 2.05) is 12.1 Å². The van der Waals surface area contributed by atoms with Crippen molar-refractivity contribution in [2.24, 2.45) is 0 Å². The fraction of sp³-hybridized carbons (Fsp3) is 0.444. The second-order valence-corrected chi connectivity index (χ2v) is 6.09. The van der Waals surface area contributed by atoms with Gasteiger partial charge in [0.15, 0.2) is 0 Å². The van der Waals surface area contributed by atoms with Gasteiger partial charge in [-0.3, -0.25) is 19.5 Å². The lowest BCUT2D eigenvalue weighted by Crippen LogP contribution is -2.32. The number of aromatic amines is 1. The number of nitrogens with one attached hydrogen (secondary N) is 1. The number of aromatic nitrogens is 3. The van der Waals surface area contributed by atoms with Crippen LogP contribution in [-0.2, 0) is 22.6 Å². The molecule has 3 heterocycles. The molecule has 8 nitrogen and oxygen atoms in total. The van der Waals surface area contributed by atoms with E-state index in [4.69, 9.17) is 14.6 Å². The highest BCUT2D eigenvalue weighted by Gasteiger charge is 2.20. The van der Waals surface area contributed by atoms with Crippen molar-refractivity contribution in [1.82, 2.24) is 19.9 Å². The van der Waals surface area contributed by atoms with Crippen molar-refractivity contribution in [2.75, 3.05) is 13.2 Å². The van der Waals surface area contributed by atoms with Crippen molar-refractivity contribution in [2.45, 2.75) is 39.0 Å². The first-order chi connectivity index (χ1) is 12.6. The van der Waals surface area contributed by atoms with Crippen molar-refractivity contribution in [3.8, 4) is 0 Å². The maximum atomic E-state index is 11.6. The standard InChI is InChI=1S/C17H22N4O2.CH2O2/c1-13-19-15(9-17(22)20-13)11-21(12-16-3-2-8-23-16)10-14-4-6-18-7-5-14;2-1-3/h4-7,9,16H,2-3,8,10-12H2,1H3,(H,19,20,22);1H,(H,2,3). The summed E-state index contributed by atoms with van der Waals surface area (Å²) < 4.78 is 5.76. The summed E-state index contributed by atoms with van der Waals surface area (Å²) >= 11 is 0. The average molecular weight is 360 g/mol. The van der Waals surface area contributed by atoms with Crippen molar-refractivity contribution < 1.29 is 14.6 Å². The molecule has 140 valence electrons. The Hall–Kier alpha value is -2.58. The maximum absolute atomic E-state index is 11.6. The zero-order valence-electron chi connectivity index (χ0n) is 14.8. The van der Waals surface area contributed by atoms with E-state index in [2.05, 4.69) is 19.9 Å². The Kier molecular flexibility index (Phi) is 7.91. The van der Waals surface area contributed by atoms with Crippen LogP contribution in [0.5, 0.6) is 0 Å². The van der Waals surface area contributed by atoms with Gasteiger partial charge in [-0.05, 0) is 37.5 Å². The molecule has 1 saturated heterocycles. The summed E-state index contributed by atoms with van der Waals surface area (Å²) in [5, 5.41) is 6.89. The number of carboxylic acid groups (broad SMARTS) is 1. The Balaban J connectivity index is 0.000000758. The second kappa shape index (κ2) is 10.4. The molecule has 2 N–H and O–H groups in total. The number of carbonyl (C=O) groups is 1. The SMILES string of the molecule is Cc1nc(CN(Cc2ccncc2)CC2CCCO2)cc(=O)[nH]1.O=CO. The number of hydrogen-bond donors (Lipinski definition) is 2. The van der Waals surface area contributed by atoms with Crippen LogP contribution in [0.2, 0.25) is 0 Å². The summed E-state index contributed by atoms with van der Waals surface area (Å²) in [7, 11) is 0. The van der Waals surface area contributed by atoms with Crippen LogP contribution in [0.15, 0.2) is 35.4 Å². The average Bonchev–Trinajstić information content (AvgIpc) is 3.08. The number of pyridine rings is 1. The highest BCUT2D eigenvalue weighted by Crippen LogP contribution is 2.16. The molecule has 1 aliphatic heterocycles. The summed E-state index contributed by atoms with van der Waals surface area (Å²) in [6, 6.07) is 5.60. The number of aryl methyl sites for hydroxylation is 1. The first-order valence-corrected chi connectivity index (χ1v) is 8.48. The van der Waals surface area contributed by atoms with Gasteiger partial charge in [-0.2, -0.15) is 0 Å². The van der Waals surface area contributed by atoms with Crippen LogP contribution in [-0.4, -0.2) is 50.7 Å². The van der Waals surface area contributed by atoms with Gasteiger partial charge in [-0.15, -0.1) is 0 Å². The molecule has 8 heteroatoms. The molecular weight excluding hydrogens is 336 g/mol. The van der Waals surface area contributed by atoms with Crippen molar-refractivity contribution in [3.63, 3.8) is 0 Å². The first-order valence-electron chi connectivity index (χ1n) is 8.48. The summed E-state index contributed by atoms with van der Waals surface area (Å²) in [4.78, 5) is 33.5. The molecule has 1 unspecified atom stereocenters. The van der Waals surface area contributed by atoms with Crippen molar-refractivity contribution >= 4 is 6.47 Å². The lowest BCUT2D eigenvalue weighted by molar-refractivity contribution is -0.122. The van der Waals surface area contributed by atoms with E-state index in [9.17, 15) is 4.79 Å². The van der Waals surface area contributed by atoms with Crippen LogP contribution < -0.4 is 5.56 Å². The summed E-state index contributed by atoms with van der Waals surface area (Å²) in [6.45, 7) is 4.66. The Bertz CT molecular complexity index is 729. The van der Waals surface area contributed by atoms with Crippen LogP contribution >= 0.6 is 0 Å². The fourth-order valence-corrected chi connectivity index (χ4v) is 2.96. The van der Waals surface area contributed by atoms with Crippen LogP contribution in [0, 0.1) is 6.92 Å². The predicted octanol–water partition coefficient (Wildman–Crippen LogP) is 1.36. The molecule has 26 heavy (non-hydrogen) atoms. The Morgan fingerprint density at radius 1 is 1.38 bits per heavy atom. The summed E-state index contributed by atoms with van der Waals surface area (Å²) in [5.74, 6) is 0.647. The molecule has 3 rings (SSSR count). The Labute approximate surface area is 151 Å². The zero-order chi connectivity index (χ0) is 18.8. The van der Waals surface area contributed by atoms with E-state index in [1.54, 1.807) is 25.4 Å². The largest absolute Gasteiger partial charge is 0.483 e. The van der Waals surface area contributed by atoms with Crippen LogP contribution in [0.25, 0.3) is 0 Å². The third kappa shape index (κ3) is 6.73. The molecule has 1 aliphatic rings. The lowest BCUT2D eigenvalue weighted by Gasteiger charge is -2.25. The van der Waals surface area contributed by atoms with Crippen LogP contribution in [0.3, 0.4) is 0 Å². The minimum Gasteiger partial charge on any atom is -0.483 e. The summed E-state index contributed by atoms with van der Waals surface area (Å²) in [5.41, 5.74) is 1.88. The van der Waals surface area contributed by atoms with Crippen LogP contribution in [0.1, 0.15) is 29.9 Å². The van der Waals surface area contributed by atoms with Gasteiger partial charge in [0.25, 0.3) is 12.0 Å². The lowest BCUT2D eigenvalue weighted by atomic mass is 10.2. The van der Waals surface area contributed by atoms with Gasteiger partial charge in [0.2, 0.25) is 0 Å². The smallest absolute Gasteiger partial charge is 0.290 e. The number of nitrogens with zero attached hydrogens (tertiary/aromatic N) is 3. The first kappa shape index (κ1) is 19.7. The van der Waals surface area contributed by atoms with Gasteiger partial charge < -0.3 is 14.8 Å². The predicted molar refractivity (Wildman–Crippen MR) is 95.6 cm³/mol. The van der Waals surface area contributed by atoms with Gasteiger partial charge >= 0.3 is 0 Å². The Morgan fingerprint density at radius 3 is 2.73 bits per heavy atom. The van der Waals surface area contributed by atoms with E-state index in [0.29, 0.717) is 12.4 Å². The quantitative estimate of drug-likeness (QED) is 0.749. The van der Waals surface area contributed by atoms with Gasteiger partial charge in [0, 0.05) is 44.7 Å². The molecule has 0 saturated carbocycles. The normalized spacial score (nSPS) is 16.2. The van der Waals surface area contributed by atoms with E-state index in [1.165, 1.54) is 5.56 Å². The number of ether oxygens (including phenoxy) is 1. The van der Waals surface area contributed by atoms with E-state index in [-0.39, 0.29) is 18.1 Å². The highest BCUT2D eigenvalue weighted by molar-refractivity contribution is 5.32. The molecule has 0 spiro atoms. The second-order valence-electron chi connectivity index (χ2n) is 6.09. The molecule has 0 radical (unpaired) electrons. The van der Waals surface area contributed by atoms with Crippen molar-refractivity contribution in [3.05, 3.63) is 58.0 Å². The third-order valence-corrected chi connectivity index (χ3v) is 3.94. The molecule has 0 bridgehead atoms. The monoisotopic (exact) mass is 360 g/mol.